The second kappa shape index (κ2) is 7.41. The molecule has 0 aliphatic carbocycles. The summed E-state index contributed by atoms with van der Waals surface area (Å²) in [6.45, 7) is 5.42. The van der Waals surface area contributed by atoms with Crippen molar-refractivity contribution in [3.05, 3.63) is 24.3 Å². The normalized spacial score (nSPS) is 25.4. The van der Waals surface area contributed by atoms with Crippen LogP contribution in [-0.2, 0) is 4.79 Å². The summed E-state index contributed by atoms with van der Waals surface area (Å²) >= 11 is 0. The molecule has 3 rings (SSSR count). The molecule has 2 aliphatic rings. The molecule has 1 amide bonds. The van der Waals surface area contributed by atoms with Crippen LogP contribution < -0.4 is 15.2 Å². The van der Waals surface area contributed by atoms with E-state index in [0.717, 1.165) is 25.9 Å². The summed E-state index contributed by atoms with van der Waals surface area (Å²) in [7, 11) is 0. The van der Waals surface area contributed by atoms with E-state index in [1.807, 2.05) is 43.0 Å². The zero-order valence-corrected chi connectivity index (χ0v) is 14.4. The molecule has 0 aromatic heterocycles. The van der Waals surface area contributed by atoms with Crippen LogP contribution in [0, 0.1) is 5.92 Å². The Morgan fingerprint density at radius 1 is 1.22 bits per heavy atom. The van der Waals surface area contributed by atoms with E-state index < -0.39 is 6.10 Å². The number of para-hydroxylation sites is 2. The van der Waals surface area contributed by atoms with Crippen molar-refractivity contribution in [3.63, 3.8) is 0 Å². The predicted molar refractivity (Wildman–Crippen MR) is 91.1 cm³/mol. The first-order valence-electron chi connectivity index (χ1n) is 8.03. The molecular formula is C17H25ClN2O3. The number of nitrogens with zero attached hydrogens (tertiary/aromatic N) is 1. The number of benzene rings is 1. The third-order valence-corrected chi connectivity index (χ3v) is 4.68. The molecule has 2 heterocycles. The zero-order valence-electron chi connectivity index (χ0n) is 13.6. The van der Waals surface area contributed by atoms with E-state index in [-0.39, 0.29) is 30.5 Å². The summed E-state index contributed by atoms with van der Waals surface area (Å²) in [6, 6.07) is 7.67. The third kappa shape index (κ3) is 3.72. The molecule has 0 spiro atoms. The van der Waals surface area contributed by atoms with Crippen molar-refractivity contribution in [2.45, 2.75) is 44.9 Å². The predicted octanol–water partition coefficient (Wildman–Crippen LogP) is 2.22. The minimum absolute atomic E-state index is 0. The van der Waals surface area contributed by atoms with Crippen molar-refractivity contribution >= 4 is 18.3 Å². The van der Waals surface area contributed by atoms with Gasteiger partial charge in [0.05, 0.1) is 0 Å². The third-order valence-electron chi connectivity index (χ3n) is 4.68. The van der Waals surface area contributed by atoms with Gasteiger partial charge in [0.25, 0.3) is 5.91 Å². The number of hydrogen-bond donors (Lipinski definition) is 1. The van der Waals surface area contributed by atoms with E-state index in [1.54, 1.807) is 0 Å². The van der Waals surface area contributed by atoms with Gasteiger partial charge in [-0.15, -0.1) is 12.4 Å². The smallest absolute Gasteiger partial charge is 0.267 e. The van der Waals surface area contributed by atoms with E-state index in [9.17, 15) is 4.79 Å². The van der Waals surface area contributed by atoms with Crippen molar-refractivity contribution in [3.8, 4) is 11.5 Å². The van der Waals surface area contributed by atoms with Crippen molar-refractivity contribution in [1.82, 2.24) is 4.90 Å². The molecule has 3 unspecified atom stereocenters. The first-order chi connectivity index (χ1) is 10.6. The Morgan fingerprint density at radius 2 is 1.78 bits per heavy atom. The molecule has 3 atom stereocenters. The van der Waals surface area contributed by atoms with E-state index >= 15 is 0 Å². The molecule has 0 saturated carbocycles. The standard InChI is InChI=1S/C17H24N2O3.ClH/c1-11(18)13-7-9-19(10-8-13)17(20)16-12(2)21-14-5-3-4-6-15(14)22-16;/h3-6,11-13,16H,7-10,18H2,1-2H3;1H. The molecule has 5 nitrogen and oxygen atoms in total. The molecule has 2 N–H and O–H groups in total. The van der Waals surface area contributed by atoms with Crippen LogP contribution in [0.2, 0.25) is 0 Å². The van der Waals surface area contributed by atoms with Gasteiger partial charge in [0.15, 0.2) is 11.5 Å². The van der Waals surface area contributed by atoms with Crippen molar-refractivity contribution in [2.75, 3.05) is 13.1 Å². The van der Waals surface area contributed by atoms with Gasteiger partial charge >= 0.3 is 0 Å². The first kappa shape index (κ1) is 17.9. The highest BCUT2D eigenvalue weighted by Crippen LogP contribution is 2.34. The second-order valence-corrected chi connectivity index (χ2v) is 6.33. The monoisotopic (exact) mass is 340 g/mol. The minimum Gasteiger partial charge on any atom is -0.482 e. The Bertz CT molecular complexity index is 544. The van der Waals surface area contributed by atoms with Crippen molar-refractivity contribution < 1.29 is 14.3 Å². The quantitative estimate of drug-likeness (QED) is 0.896. The maximum atomic E-state index is 12.7. The molecule has 2 aliphatic heterocycles. The Kier molecular flexibility index (Phi) is 5.76. The van der Waals surface area contributed by atoms with Crippen LogP contribution in [0.4, 0.5) is 0 Å². The first-order valence-corrected chi connectivity index (χ1v) is 8.03. The van der Waals surface area contributed by atoms with Crippen LogP contribution in [0.3, 0.4) is 0 Å². The van der Waals surface area contributed by atoms with E-state index in [0.29, 0.717) is 17.4 Å². The largest absolute Gasteiger partial charge is 0.482 e. The van der Waals surface area contributed by atoms with E-state index in [2.05, 4.69) is 0 Å². The fraction of sp³-hybridized carbons (Fsp3) is 0.588. The topological polar surface area (TPSA) is 64.8 Å². The van der Waals surface area contributed by atoms with Gasteiger partial charge in [0, 0.05) is 19.1 Å². The summed E-state index contributed by atoms with van der Waals surface area (Å²) in [6.07, 6.45) is 1.07. The van der Waals surface area contributed by atoms with Gasteiger partial charge in [-0.1, -0.05) is 12.1 Å². The van der Waals surface area contributed by atoms with E-state index in [1.165, 1.54) is 0 Å². The molecule has 0 bridgehead atoms. The number of ether oxygens (including phenoxy) is 2. The molecule has 6 heteroatoms. The van der Waals surface area contributed by atoms with Crippen molar-refractivity contribution in [1.29, 1.82) is 0 Å². The summed E-state index contributed by atoms with van der Waals surface area (Å²) in [4.78, 5) is 14.6. The highest BCUT2D eigenvalue weighted by Gasteiger charge is 2.38. The molecule has 1 aromatic rings. The summed E-state index contributed by atoms with van der Waals surface area (Å²) in [5.41, 5.74) is 5.96. The van der Waals surface area contributed by atoms with E-state index in [4.69, 9.17) is 15.2 Å². The van der Waals surface area contributed by atoms with Crippen LogP contribution in [0.25, 0.3) is 0 Å². The average molecular weight is 341 g/mol. The molecule has 128 valence electrons. The van der Waals surface area contributed by atoms with Crippen LogP contribution in [-0.4, -0.2) is 42.1 Å². The minimum atomic E-state index is -0.568. The Hall–Kier alpha value is -1.46. The van der Waals surface area contributed by atoms with Gasteiger partial charge < -0.3 is 20.1 Å². The van der Waals surface area contributed by atoms with Gasteiger partial charge in [-0.25, -0.2) is 0 Å². The summed E-state index contributed by atoms with van der Waals surface area (Å²) in [5.74, 6) is 1.87. The van der Waals surface area contributed by atoms with Gasteiger partial charge in [0.1, 0.15) is 6.10 Å². The Balaban J connectivity index is 0.00000192. The molecular weight excluding hydrogens is 316 g/mol. The Morgan fingerprint density at radius 3 is 2.35 bits per heavy atom. The number of halogens is 1. The zero-order chi connectivity index (χ0) is 15.7. The molecule has 1 aromatic carbocycles. The number of likely N-dealkylation sites (tertiary alicyclic amines) is 1. The molecule has 1 fully saturated rings. The maximum Gasteiger partial charge on any atom is 0.267 e. The number of carbonyl (C=O) groups is 1. The highest BCUT2D eigenvalue weighted by molar-refractivity contribution is 5.85. The van der Waals surface area contributed by atoms with Gasteiger partial charge in [-0.2, -0.15) is 0 Å². The number of amides is 1. The summed E-state index contributed by atoms with van der Waals surface area (Å²) in [5, 5.41) is 0. The Labute approximate surface area is 143 Å². The highest BCUT2D eigenvalue weighted by atomic mass is 35.5. The number of nitrogens with two attached hydrogens (primary N) is 1. The van der Waals surface area contributed by atoms with Gasteiger partial charge in [-0.3, -0.25) is 4.79 Å². The van der Waals surface area contributed by atoms with Crippen LogP contribution in [0.5, 0.6) is 11.5 Å². The SMILES string of the molecule is CC(N)C1CCN(C(=O)C2Oc3ccccc3OC2C)CC1.Cl. The fourth-order valence-electron chi connectivity index (χ4n) is 3.22. The van der Waals surface area contributed by atoms with Crippen LogP contribution >= 0.6 is 12.4 Å². The molecule has 0 radical (unpaired) electrons. The lowest BCUT2D eigenvalue weighted by Crippen LogP contribution is -2.53. The maximum absolute atomic E-state index is 12.7. The lowest BCUT2D eigenvalue weighted by Gasteiger charge is -2.38. The van der Waals surface area contributed by atoms with Crippen LogP contribution in [0.15, 0.2) is 24.3 Å². The second-order valence-electron chi connectivity index (χ2n) is 6.33. The average Bonchev–Trinajstić information content (AvgIpc) is 2.53. The number of rotatable bonds is 2. The number of fused-ring (bicyclic) bond motifs is 1. The van der Waals surface area contributed by atoms with Crippen molar-refractivity contribution in [2.24, 2.45) is 11.7 Å². The number of carbonyl (C=O) groups excluding carboxylic acids is 1. The fourth-order valence-corrected chi connectivity index (χ4v) is 3.22. The van der Waals surface area contributed by atoms with Crippen LogP contribution in [0.1, 0.15) is 26.7 Å². The molecule has 1 saturated heterocycles. The number of hydrogen-bond acceptors (Lipinski definition) is 4. The lowest BCUT2D eigenvalue weighted by molar-refractivity contribution is -0.145. The van der Waals surface area contributed by atoms with Gasteiger partial charge in [0.2, 0.25) is 6.10 Å². The van der Waals surface area contributed by atoms with Gasteiger partial charge in [-0.05, 0) is 44.7 Å². The lowest BCUT2D eigenvalue weighted by atomic mass is 9.90. The number of piperidine rings is 1. The molecule has 23 heavy (non-hydrogen) atoms. The summed E-state index contributed by atoms with van der Waals surface area (Å²) < 4.78 is 11.7.